The van der Waals surface area contributed by atoms with E-state index in [0.29, 0.717) is 12.0 Å². The molecule has 0 saturated heterocycles. The minimum atomic E-state index is -0.470. The van der Waals surface area contributed by atoms with E-state index in [-0.39, 0.29) is 16.3 Å². The van der Waals surface area contributed by atoms with Gasteiger partial charge < -0.3 is 5.11 Å². The van der Waals surface area contributed by atoms with Gasteiger partial charge in [-0.3, -0.25) is 10.1 Å². The number of nitro groups is 1. The Balaban J connectivity index is 3.02. The van der Waals surface area contributed by atoms with Crippen LogP contribution in [-0.4, -0.2) is 14.9 Å². The van der Waals surface area contributed by atoms with Crippen LogP contribution in [0.25, 0.3) is 0 Å². The minimum Gasteiger partial charge on any atom is -0.508 e. The molecule has 0 aliphatic rings. The Morgan fingerprint density at radius 1 is 1.64 bits per heavy atom. The Kier molecular flexibility index (Phi) is 3.46. The number of benzene rings is 1. The zero-order chi connectivity index (χ0) is 10.7. The summed E-state index contributed by atoms with van der Waals surface area (Å²) in [7, 11) is 0. The smallest absolute Gasteiger partial charge is 0.269 e. The van der Waals surface area contributed by atoms with E-state index in [9.17, 15) is 15.2 Å². The summed E-state index contributed by atoms with van der Waals surface area (Å²) in [4.78, 5) is 10.2. The van der Waals surface area contributed by atoms with E-state index in [1.54, 1.807) is 0 Å². The summed E-state index contributed by atoms with van der Waals surface area (Å²) in [5.74, 6) is 0.0990. The minimum absolute atomic E-state index is 0.00551. The number of alkyl halides is 1. The van der Waals surface area contributed by atoms with Crippen LogP contribution in [0.1, 0.15) is 12.5 Å². The lowest BCUT2D eigenvalue weighted by Gasteiger charge is -2.05. The van der Waals surface area contributed by atoms with Gasteiger partial charge in [-0.15, -0.1) is 0 Å². The third-order valence-corrected chi connectivity index (χ3v) is 2.10. The molecule has 1 aromatic rings. The Hall–Kier alpha value is -1.10. The molecule has 76 valence electrons. The zero-order valence-electron chi connectivity index (χ0n) is 7.61. The normalized spacial score (nSPS) is 12.4. The summed E-state index contributed by atoms with van der Waals surface area (Å²) < 4.78 is 0. The van der Waals surface area contributed by atoms with E-state index in [2.05, 4.69) is 15.9 Å². The van der Waals surface area contributed by atoms with Crippen molar-refractivity contribution >= 4 is 21.6 Å². The van der Waals surface area contributed by atoms with E-state index >= 15 is 0 Å². The van der Waals surface area contributed by atoms with Gasteiger partial charge in [0.15, 0.2) is 0 Å². The third kappa shape index (κ3) is 2.70. The van der Waals surface area contributed by atoms with Crippen LogP contribution in [0.4, 0.5) is 5.69 Å². The predicted octanol–water partition coefficient (Wildman–Crippen LogP) is 2.63. The number of rotatable bonds is 3. The molecule has 5 heteroatoms. The number of nitro benzene ring substituents is 1. The molecular weight excluding hydrogens is 250 g/mol. The van der Waals surface area contributed by atoms with Crippen LogP contribution >= 0.6 is 15.9 Å². The summed E-state index contributed by atoms with van der Waals surface area (Å²) in [5.41, 5.74) is 0.592. The quantitative estimate of drug-likeness (QED) is 0.516. The second-order valence-corrected chi connectivity index (χ2v) is 4.62. The van der Waals surface area contributed by atoms with Crippen LogP contribution in [0.3, 0.4) is 0 Å². The number of non-ortho nitro benzene ring substituents is 1. The second kappa shape index (κ2) is 4.41. The van der Waals surface area contributed by atoms with Gasteiger partial charge in [-0.05, 0) is 12.5 Å². The lowest BCUT2D eigenvalue weighted by Crippen LogP contribution is -1.98. The molecule has 0 saturated carbocycles. The van der Waals surface area contributed by atoms with Crippen LogP contribution in [-0.2, 0) is 6.42 Å². The molecule has 1 atom stereocenters. The maximum absolute atomic E-state index is 10.5. The van der Waals surface area contributed by atoms with Crippen LogP contribution in [0, 0.1) is 10.1 Å². The first kappa shape index (κ1) is 11.0. The molecule has 0 spiro atoms. The highest BCUT2D eigenvalue weighted by Gasteiger charge is 2.11. The molecule has 0 bridgehead atoms. The standard InChI is InChI=1S/C9H10BrNO3/c1-6(10)4-7-5-8(11(13)14)2-3-9(7)12/h2-3,5-6,12H,4H2,1H3. The number of phenolic OH excluding ortho intramolecular Hbond substituents is 1. The van der Waals surface area contributed by atoms with Gasteiger partial charge in [-0.2, -0.15) is 0 Å². The lowest BCUT2D eigenvalue weighted by molar-refractivity contribution is -0.384. The van der Waals surface area contributed by atoms with Gasteiger partial charge in [0, 0.05) is 22.5 Å². The van der Waals surface area contributed by atoms with E-state index in [1.807, 2.05) is 6.92 Å². The van der Waals surface area contributed by atoms with Gasteiger partial charge in [-0.25, -0.2) is 0 Å². The molecule has 0 heterocycles. The van der Waals surface area contributed by atoms with Gasteiger partial charge in [-0.1, -0.05) is 22.9 Å². The molecule has 0 amide bonds. The van der Waals surface area contributed by atoms with Crippen molar-refractivity contribution in [1.29, 1.82) is 0 Å². The monoisotopic (exact) mass is 259 g/mol. The Bertz CT molecular complexity index is 352. The van der Waals surface area contributed by atoms with Crippen molar-refractivity contribution in [1.82, 2.24) is 0 Å². The summed E-state index contributed by atoms with van der Waals surface area (Å²) in [5, 5.41) is 19.9. The first-order valence-corrected chi connectivity index (χ1v) is 5.02. The summed E-state index contributed by atoms with van der Waals surface area (Å²) >= 11 is 3.33. The zero-order valence-corrected chi connectivity index (χ0v) is 9.19. The van der Waals surface area contributed by atoms with E-state index in [1.165, 1.54) is 18.2 Å². The van der Waals surface area contributed by atoms with Crippen molar-refractivity contribution in [2.75, 3.05) is 0 Å². The number of hydrogen-bond donors (Lipinski definition) is 1. The molecule has 14 heavy (non-hydrogen) atoms. The molecule has 1 unspecified atom stereocenters. The molecule has 1 N–H and O–H groups in total. The number of halogens is 1. The average Bonchev–Trinajstić information content (AvgIpc) is 2.07. The molecule has 0 aromatic heterocycles. The van der Waals surface area contributed by atoms with Crippen LogP contribution in [0.5, 0.6) is 5.75 Å². The van der Waals surface area contributed by atoms with Crippen molar-refractivity contribution in [3.05, 3.63) is 33.9 Å². The number of phenols is 1. The average molecular weight is 260 g/mol. The second-order valence-electron chi connectivity index (χ2n) is 3.06. The van der Waals surface area contributed by atoms with E-state index in [0.717, 1.165) is 0 Å². The van der Waals surface area contributed by atoms with Gasteiger partial charge in [0.25, 0.3) is 5.69 Å². The largest absolute Gasteiger partial charge is 0.508 e. The van der Waals surface area contributed by atoms with Crippen molar-refractivity contribution in [3.8, 4) is 5.75 Å². The Morgan fingerprint density at radius 2 is 2.29 bits per heavy atom. The molecular formula is C9H10BrNO3. The number of aromatic hydroxyl groups is 1. The predicted molar refractivity (Wildman–Crippen MR) is 56.9 cm³/mol. The highest BCUT2D eigenvalue weighted by Crippen LogP contribution is 2.25. The van der Waals surface area contributed by atoms with Crippen LogP contribution in [0.15, 0.2) is 18.2 Å². The van der Waals surface area contributed by atoms with E-state index < -0.39 is 4.92 Å². The molecule has 0 aliphatic carbocycles. The highest BCUT2D eigenvalue weighted by molar-refractivity contribution is 9.09. The fourth-order valence-corrected chi connectivity index (χ4v) is 1.50. The molecule has 4 nitrogen and oxygen atoms in total. The summed E-state index contributed by atoms with van der Waals surface area (Å²) in [6, 6.07) is 4.04. The van der Waals surface area contributed by atoms with Crippen LogP contribution < -0.4 is 0 Å². The van der Waals surface area contributed by atoms with Gasteiger partial charge in [0.2, 0.25) is 0 Å². The number of hydrogen-bond acceptors (Lipinski definition) is 3. The summed E-state index contributed by atoms with van der Waals surface area (Å²) in [6.07, 6.45) is 0.563. The Labute approximate surface area is 89.8 Å². The maximum Gasteiger partial charge on any atom is 0.269 e. The SMILES string of the molecule is CC(Br)Cc1cc([N+](=O)[O-])ccc1O. The van der Waals surface area contributed by atoms with Gasteiger partial charge >= 0.3 is 0 Å². The molecule has 0 fully saturated rings. The van der Waals surface area contributed by atoms with Crippen LogP contribution in [0.2, 0.25) is 0 Å². The molecule has 1 aromatic carbocycles. The summed E-state index contributed by atoms with van der Waals surface area (Å²) in [6.45, 7) is 1.91. The fraction of sp³-hybridized carbons (Fsp3) is 0.333. The highest BCUT2D eigenvalue weighted by atomic mass is 79.9. The first-order valence-electron chi connectivity index (χ1n) is 4.11. The topological polar surface area (TPSA) is 63.4 Å². The van der Waals surface area contributed by atoms with Gasteiger partial charge in [0.05, 0.1) is 4.92 Å². The molecule has 1 rings (SSSR count). The molecule has 0 radical (unpaired) electrons. The lowest BCUT2D eigenvalue weighted by atomic mass is 10.1. The van der Waals surface area contributed by atoms with Gasteiger partial charge in [0.1, 0.15) is 5.75 Å². The van der Waals surface area contributed by atoms with Crippen molar-refractivity contribution in [3.63, 3.8) is 0 Å². The Morgan fingerprint density at radius 3 is 2.79 bits per heavy atom. The van der Waals surface area contributed by atoms with E-state index in [4.69, 9.17) is 0 Å². The van der Waals surface area contributed by atoms with Crippen molar-refractivity contribution in [2.24, 2.45) is 0 Å². The van der Waals surface area contributed by atoms with Crippen molar-refractivity contribution < 1.29 is 10.0 Å². The maximum atomic E-state index is 10.5. The molecule has 0 aliphatic heterocycles. The third-order valence-electron chi connectivity index (χ3n) is 1.78. The number of nitrogens with zero attached hydrogens (tertiary/aromatic N) is 1. The fourth-order valence-electron chi connectivity index (χ4n) is 1.15. The van der Waals surface area contributed by atoms with Crippen molar-refractivity contribution in [2.45, 2.75) is 18.2 Å². The first-order chi connectivity index (χ1) is 6.50.